The summed E-state index contributed by atoms with van der Waals surface area (Å²) in [5, 5.41) is 6.67. The highest BCUT2D eigenvalue weighted by molar-refractivity contribution is 7.89. The SMILES string of the molecule is Cc1ccc(S(=O)(=O)N(CCc2ccccc2)CC(=O)N/N=C/c2ccc(OCC(=O)NCc3ccco3)cc2)cc1. The molecule has 0 saturated heterocycles. The van der Waals surface area contributed by atoms with Crippen molar-refractivity contribution in [3.63, 3.8) is 0 Å². The van der Waals surface area contributed by atoms with Gasteiger partial charge in [0.2, 0.25) is 10.0 Å². The van der Waals surface area contributed by atoms with Crippen LogP contribution in [-0.4, -0.2) is 50.4 Å². The van der Waals surface area contributed by atoms with Crippen LogP contribution < -0.4 is 15.5 Å². The number of hydrazone groups is 1. The number of amides is 2. The van der Waals surface area contributed by atoms with E-state index in [1.165, 1.54) is 24.6 Å². The first-order chi connectivity index (χ1) is 20.3. The summed E-state index contributed by atoms with van der Waals surface area (Å²) in [5.41, 5.74) is 4.96. The predicted octanol–water partition coefficient (Wildman–Crippen LogP) is 3.67. The summed E-state index contributed by atoms with van der Waals surface area (Å²) >= 11 is 0. The van der Waals surface area contributed by atoms with Crippen LogP contribution in [0.25, 0.3) is 0 Å². The summed E-state index contributed by atoms with van der Waals surface area (Å²) < 4.78 is 38.6. The van der Waals surface area contributed by atoms with Gasteiger partial charge in [-0.25, -0.2) is 13.8 Å². The highest BCUT2D eigenvalue weighted by Gasteiger charge is 2.26. The average molecular weight is 589 g/mol. The molecule has 0 radical (unpaired) electrons. The second kappa shape index (κ2) is 14.8. The lowest BCUT2D eigenvalue weighted by Crippen LogP contribution is -2.40. The van der Waals surface area contributed by atoms with Gasteiger partial charge in [0, 0.05) is 6.54 Å². The van der Waals surface area contributed by atoms with Gasteiger partial charge in [0.05, 0.1) is 30.5 Å². The lowest BCUT2D eigenvalue weighted by atomic mass is 10.1. The third-order valence-corrected chi connectivity index (χ3v) is 8.02. The number of hydrogen-bond donors (Lipinski definition) is 2. The van der Waals surface area contributed by atoms with Crippen LogP contribution >= 0.6 is 0 Å². The van der Waals surface area contributed by atoms with Crippen LogP contribution in [0.2, 0.25) is 0 Å². The number of carbonyl (C=O) groups is 2. The van der Waals surface area contributed by atoms with Gasteiger partial charge in [-0.1, -0.05) is 48.0 Å². The smallest absolute Gasteiger partial charge is 0.258 e. The van der Waals surface area contributed by atoms with Crippen molar-refractivity contribution < 1.29 is 27.2 Å². The Morgan fingerprint density at radius 3 is 2.36 bits per heavy atom. The van der Waals surface area contributed by atoms with E-state index in [9.17, 15) is 18.0 Å². The molecule has 11 heteroatoms. The van der Waals surface area contributed by atoms with Crippen molar-refractivity contribution in [1.29, 1.82) is 0 Å². The molecule has 0 unspecified atom stereocenters. The number of ether oxygens (including phenoxy) is 1. The van der Waals surface area contributed by atoms with E-state index < -0.39 is 22.5 Å². The lowest BCUT2D eigenvalue weighted by Gasteiger charge is -2.21. The Kier molecular flexibility index (Phi) is 10.6. The van der Waals surface area contributed by atoms with Gasteiger partial charge < -0.3 is 14.5 Å². The summed E-state index contributed by atoms with van der Waals surface area (Å²) in [6.07, 6.45) is 3.41. The van der Waals surface area contributed by atoms with Gasteiger partial charge in [0.25, 0.3) is 11.8 Å². The summed E-state index contributed by atoms with van der Waals surface area (Å²) in [6.45, 7) is 1.73. The Bertz CT molecular complexity index is 1570. The van der Waals surface area contributed by atoms with Crippen LogP contribution in [0.15, 0.2) is 112 Å². The van der Waals surface area contributed by atoms with Crippen molar-refractivity contribution >= 4 is 28.1 Å². The highest BCUT2D eigenvalue weighted by Crippen LogP contribution is 2.17. The van der Waals surface area contributed by atoms with Crippen molar-refractivity contribution in [2.75, 3.05) is 19.7 Å². The monoisotopic (exact) mass is 588 g/mol. The average Bonchev–Trinajstić information content (AvgIpc) is 3.52. The molecule has 0 aliphatic carbocycles. The van der Waals surface area contributed by atoms with E-state index in [0.29, 0.717) is 23.5 Å². The summed E-state index contributed by atoms with van der Waals surface area (Å²) in [5.74, 6) is 0.268. The van der Waals surface area contributed by atoms with Gasteiger partial charge in [0.15, 0.2) is 6.61 Å². The Balaban J connectivity index is 1.30. The number of hydrogen-bond acceptors (Lipinski definition) is 7. The van der Waals surface area contributed by atoms with Gasteiger partial charge in [-0.2, -0.15) is 9.41 Å². The Hall–Kier alpha value is -4.74. The number of nitrogens with zero attached hydrogens (tertiary/aromatic N) is 2. The summed E-state index contributed by atoms with van der Waals surface area (Å²) in [6, 6.07) is 26.3. The van der Waals surface area contributed by atoms with Crippen LogP contribution in [0, 0.1) is 6.92 Å². The normalized spacial score (nSPS) is 11.5. The van der Waals surface area contributed by atoms with Gasteiger partial charge in [-0.3, -0.25) is 9.59 Å². The number of sulfonamides is 1. The molecule has 218 valence electrons. The number of aryl methyl sites for hydroxylation is 1. The maximum atomic E-state index is 13.4. The van der Waals surface area contributed by atoms with Crippen LogP contribution in [-0.2, 0) is 32.6 Å². The van der Waals surface area contributed by atoms with E-state index in [4.69, 9.17) is 9.15 Å². The second-order valence-corrected chi connectivity index (χ2v) is 11.3. The molecule has 0 atom stereocenters. The Labute approximate surface area is 245 Å². The molecule has 4 rings (SSSR count). The van der Waals surface area contributed by atoms with Gasteiger partial charge >= 0.3 is 0 Å². The molecule has 0 spiro atoms. The number of furan rings is 1. The molecule has 1 aromatic heterocycles. The minimum atomic E-state index is -3.92. The zero-order chi connectivity index (χ0) is 29.8. The minimum absolute atomic E-state index is 0.120. The molecule has 2 N–H and O–H groups in total. The molecular formula is C31H32N4O6S. The van der Waals surface area contributed by atoms with Crippen LogP contribution in [0.1, 0.15) is 22.5 Å². The van der Waals surface area contributed by atoms with E-state index in [-0.39, 0.29) is 30.5 Å². The van der Waals surface area contributed by atoms with E-state index in [2.05, 4.69) is 15.8 Å². The second-order valence-electron chi connectivity index (χ2n) is 9.39. The van der Waals surface area contributed by atoms with Crippen LogP contribution in [0.4, 0.5) is 0 Å². The molecule has 0 bridgehead atoms. The number of nitrogens with one attached hydrogen (secondary N) is 2. The van der Waals surface area contributed by atoms with Crippen molar-refractivity contribution in [3.05, 3.63) is 120 Å². The molecule has 0 aliphatic rings. The summed E-state index contributed by atoms with van der Waals surface area (Å²) in [4.78, 5) is 24.8. The van der Waals surface area contributed by atoms with Gasteiger partial charge in [-0.15, -0.1) is 0 Å². The number of carbonyl (C=O) groups excluding carboxylic acids is 2. The predicted molar refractivity (Wildman–Crippen MR) is 158 cm³/mol. The zero-order valence-corrected chi connectivity index (χ0v) is 23.9. The third-order valence-electron chi connectivity index (χ3n) is 6.16. The molecule has 0 aliphatic heterocycles. The minimum Gasteiger partial charge on any atom is -0.484 e. The fraction of sp³-hybridized carbons (Fsp3) is 0.194. The lowest BCUT2D eigenvalue weighted by molar-refractivity contribution is -0.123. The third kappa shape index (κ3) is 9.15. The first-order valence-corrected chi connectivity index (χ1v) is 14.7. The highest BCUT2D eigenvalue weighted by atomic mass is 32.2. The fourth-order valence-electron chi connectivity index (χ4n) is 3.87. The van der Waals surface area contributed by atoms with E-state index in [0.717, 1.165) is 15.4 Å². The number of rotatable bonds is 14. The molecular weight excluding hydrogens is 556 g/mol. The maximum Gasteiger partial charge on any atom is 0.258 e. The molecule has 2 amide bonds. The largest absolute Gasteiger partial charge is 0.484 e. The quantitative estimate of drug-likeness (QED) is 0.171. The maximum absolute atomic E-state index is 13.4. The summed E-state index contributed by atoms with van der Waals surface area (Å²) in [7, 11) is -3.92. The molecule has 4 aromatic rings. The molecule has 1 heterocycles. The Morgan fingerprint density at radius 1 is 0.929 bits per heavy atom. The van der Waals surface area contributed by atoms with Crippen LogP contribution in [0.3, 0.4) is 0 Å². The van der Waals surface area contributed by atoms with E-state index in [1.54, 1.807) is 48.5 Å². The van der Waals surface area contributed by atoms with E-state index >= 15 is 0 Å². The van der Waals surface area contributed by atoms with E-state index in [1.807, 2.05) is 37.3 Å². The zero-order valence-electron chi connectivity index (χ0n) is 23.1. The van der Waals surface area contributed by atoms with Crippen molar-refractivity contribution in [1.82, 2.24) is 15.0 Å². The molecule has 3 aromatic carbocycles. The molecule has 42 heavy (non-hydrogen) atoms. The fourth-order valence-corrected chi connectivity index (χ4v) is 5.26. The van der Waals surface area contributed by atoms with Crippen molar-refractivity contribution in [2.24, 2.45) is 5.10 Å². The van der Waals surface area contributed by atoms with Crippen molar-refractivity contribution in [2.45, 2.75) is 24.8 Å². The topological polar surface area (TPSA) is 130 Å². The molecule has 0 fully saturated rings. The first-order valence-electron chi connectivity index (χ1n) is 13.2. The number of benzene rings is 3. The van der Waals surface area contributed by atoms with Gasteiger partial charge in [-0.05, 0) is 73.0 Å². The standard InChI is InChI=1S/C31H32N4O6S/c1-24-9-15-29(16-10-24)42(38,39)35(18-17-25-6-3-2-4-7-25)22-30(36)34-33-20-26-11-13-27(14-12-26)41-23-31(37)32-21-28-8-5-19-40-28/h2-16,19-20H,17-18,21-23H2,1H3,(H,32,37)(H,34,36)/b33-20+. The molecule has 0 saturated carbocycles. The van der Waals surface area contributed by atoms with Gasteiger partial charge in [0.1, 0.15) is 11.5 Å². The molecule has 10 nitrogen and oxygen atoms in total. The first kappa shape index (κ1) is 30.2. The van der Waals surface area contributed by atoms with Crippen molar-refractivity contribution in [3.8, 4) is 5.75 Å². The van der Waals surface area contributed by atoms with Crippen LogP contribution in [0.5, 0.6) is 5.75 Å². The Morgan fingerprint density at radius 2 is 1.67 bits per heavy atom.